The third-order valence-electron chi connectivity index (χ3n) is 3.53. The van der Waals surface area contributed by atoms with Crippen LogP contribution < -0.4 is 10.1 Å². The SMILES string of the molecule is COc1ccc(-c2ocnc2C(=O)NCc2ccccc2F)cc1. The van der Waals surface area contributed by atoms with Gasteiger partial charge >= 0.3 is 0 Å². The Labute approximate surface area is 138 Å². The number of methoxy groups -OCH3 is 1. The number of rotatable bonds is 5. The molecule has 2 aromatic carbocycles. The molecule has 0 atom stereocenters. The highest BCUT2D eigenvalue weighted by molar-refractivity contribution is 5.97. The molecule has 0 saturated carbocycles. The summed E-state index contributed by atoms with van der Waals surface area (Å²) in [4.78, 5) is 16.3. The lowest BCUT2D eigenvalue weighted by atomic mass is 10.1. The Bertz CT molecular complexity index is 843. The van der Waals surface area contributed by atoms with E-state index in [0.29, 0.717) is 22.6 Å². The van der Waals surface area contributed by atoms with Crippen molar-refractivity contribution in [1.82, 2.24) is 10.3 Å². The van der Waals surface area contributed by atoms with Crippen LogP contribution in [0.2, 0.25) is 0 Å². The number of nitrogens with one attached hydrogen (secondary N) is 1. The summed E-state index contributed by atoms with van der Waals surface area (Å²) in [5.74, 6) is 0.249. The Morgan fingerprint density at radius 2 is 1.96 bits per heavy atom. The summed E-state index contributed by atoms with van der Waals surface area (Å²) in [5, 5.41) is 2.65. The van der Waals surface area contributed by atoms with Crippen LogP contribution in [0.5, 0.6) is 5.75 Å². The maximum atomic E-state index is 13.6. The lowest BCUT2D eigenvalue weighted by Gasteiger charge is -2.06. The molecule has 122 valence electrons. The van der Waals surface area contributed by atoms with E-state index in [0.717, 1.165) is 0 Å². The number of carbonyl (C=O) groups is 1. The first-order valence-electron chi connectivity index (χ1n) is 7.28. The van der Waals surface area contributed by atoms with Gasteiger partial charge in [0.1, 0.15) is 11.6 Å². The average Bonchev–Trinajstić information content (AvgIpc) is 3.10. The number of hydrogen-bond acceptors (Lipinski definition) is 4. The van der Waals surface area contributed by atoms with Crippen LogP contribution >= 0.6 is 0 Å². The number of hydrogen-bond donors (Lipinski definition) is 1. The monoisotopic (exact) mass is 326 g/mol. The van der Waals surface area contributed by atoms with Gasteiger partial charge < -0.3 is 14.5 Å². The van der Waals surface area contributed by atoms with Crippen molar-refractivity contribution in [2.24, 2.45) is 0 Å². The van der Waals surface area contributed by atoms with Gasteiger partial charge in [0.05, 0.1) is 7.11 Å². The molecule has 3 rings (SSSR count). The predicted molar refractivity (Wildman–Crippen MR) is 86.1 cm³/mol. The topological polar surface area (TPSA) is 64.4 Å². The van der Waals surface area contributed by atoms with Crippen LogP contribution in [0.1, 0.15) is 16.1 Å². The van der Waals surface area contributed by atoms with Gasteiger partial charge in [-0.2, -0.15) is 0 Å². The van der Waals surface area contributed by atoms with Crippen molar-refractivity contribution in [2.75, 3.05) is 7.11 Å². The lowest BCUT2D eigenvalue weighted by molar-refractivity contribution is 0.0946. The molecular weight excluding hydrogens is 311 g/mol. The number of halogens is 1. The molecule has 1 amide bonds. The molecular formula is C18H15FN2O3. The quantitative estimate of drug-likeness (QED) is 0.780. The normalized spacial score (nSPS) is 10.4. The number of oxazole rings is 1. The fourth-order valence-corrected chi connectivity index (χ4v) is 2.26. The highest BCUT2D eigenvalue weighted by Crippen LogP contribution is 2.25. The highest BCUT2D eigenvalue weighted by atomic mass is 19.1. The van der Waals surface area contributed by atoms with Crippen LogP contribution in [0.25, 0.3) is 11.3 Å². The zero-order valence-corrected chi connectivity index (χ0v) is 13.0. The van der Waals surface area contributed by atoms with E-state index in [1.807, 2.05) is 0 Å². The average molecular weight is 326 g/mol. The minimum atomic E-state index is -0.433. The van der Waals surface area contributed by atoms with Crippen LogP contribution in [0.3, 0.4) is 0 Å². The largest absolute Gasteiger partial charge is 0.497 e. The van der Waals surface area contributed by atoms with Crippen LogP contribution in [0.4, 0.5) is 4.39 Å². The molecule has 0 aliphatic rings. The molecule has 6 heteroatoms. The van der Waals surface area contributed by atoms with Gasteiger partial charge in [-0.3, -0.25) is 4.79 Å². The van der Waals surface area contributed by atoms with E-state index >= 15 is 0 Å². The number of amides is 1. The number of nitrogens with zero attached hydrogens (tertiary/aromatic N) is 1. The fourth-order valence-electron chi connectivity index (χ4n) is 2.26. The van der Waals surface area contributed by atoms with Gasteiger partial charge in [0.2, 0.25) is 0 Å². The van der Waals surface area contributed by atoms with Gasteiger partial charge in [-0.25, -0.2) is 9.37 Å². The molecule has 0 unspecified atom stereocenters. The molecule has 0 fully saturated rings. The molecule has 0 aliphatic carbocycles. The smallest absolute Gasteiger partial charge is 0.274 e. The van der Waals surface area contributed by atoms with Gasteiger partial charge in [0, 0.05) is 17.7 Å². The van der Waals surface area contributed by atoms with Crippen molar-refractivity contribution in [1.29, 1.82) is 0 Å². The Kier molecular flexibility index (Phi) is 4.56. The Balaban J connectivity index is 1.76. The van der Waals surface area contributed by atoms with E-state index < -0.39 is 5.91 Å². The van der Waals surface area contributed by atoms with E-state index in [2.05, 4.69) is 10.3 Å². The van der Waals surface area contributed by atoms with Crippen molar-refractivity contribution in [3.63, 3.8) is 0 Å². The lowest BCUT2D eigenvalue weighted by Crippen LogP contribution is -2.24. The van der Waals surface area contributed by atoms with Crippen molar-refractivity contribution in [3.05, 3.63) is 72.0 Å². The third kappa shape index (κ3) is 3.27. The summed E-state index contributed by atoms with van der Waals surface area (Å²) >= 11 is 0. The van der Waals surface area contributed by atoms with Gasteiger partial charge in [-0.1, -0.05) is 18.2 Å². The summed E-state index contributed by atoms with van der Waals surface area (Å²) in [7, 11) is 1.57. The summed E-state index contributed by atoms with van der Waals surface area (Å²) in [6.45, 7) is 0.0699. The molecule has 1 heterocycles. The number of benzene rings is 2. The van der Waals surface area contributed by atoms with Gasteiger partial charge in [-0.05, 0) is 30.3 Å². The molecule has 0 saturated heterocycles. The second-order valence-electron chi connectivity index (χ2n) is 5.03. The number of aromatic nitrogens is 1. The Morgan fingerprint density at radius 1 is 1.21 bits per heavy atom. The fraction of sp³-hybridized carbons (Fsp3) is 0.111. The van der Waals surface area contributed by atoms with Crippen LogP contribution in [-0.2, 0) is 6.54 Å². The first-order valence-corrected chi connectivity index (χ1v) is 7.28. The first kappa shape index (κ1) is 15.7. The summed E-state index contributed by atoms with van der Waals surface area (Å²) < 4.78 is 24.0. The second-order valence-corrected chi connectivity index (χ2v) is 5.03. The van der Waals surface area contributed by atoms with Crippen LogP contribution in [0, 0.1) is 5.82 Å². The van der Waals surface area contributed by atoms with Gasteiger partial charge in [0.25, 0.3) is 5.91 Å². The zero-order chi connectivity index (χ0) is 16.9. The predicted octanol–water partition coefficient (Wildman–Crippen LogP) is 3.42. The molecule has 24 heavy (non-hydrogen) atoms. The van der Waals surface area contributed by atoms with E-state index in [-0.39, 0.29) is 18.1 Å². The van der Waals surface area contributed by atoms with Crippen molar-refractivity contribution < 1.29 is 18.3 Å². The second kappa shape index (κ2) is 6.95. The summed E-state index contributed by atoms with van der Waals surface area (Å²) in [5.41, 5.74) is 1.25. The molecule has 0 bridgehead atoms. The highest BCUT2D eigenvalue weighted by Gasteiger charge is 2.18. The minimum absolute atomic E-state index is 0.0699. The standard InChI is InChI=1S/C18H15FN2O3/c1-23-14-8-6-12(7-9-14)17-16(21-11-24-17)18(22)20-10-13-4-2-3-5-15(13)19/h2-9,11H,10H2,1H3,(H,20,22). The number of ether oxygens (including phenoxy) is 1. The van der Waals surface area contributed by atoms with Crippen molar-refractivity contribution in [3.8, 4) is 17.1 Å². The van der Waals surface area contributed by atoms with E-state index in [1.165, 1.54) is 12.5 Å². The van der Waals surface area contributed by atoms with Crippen molar-refractivity contribution in [2.45, 2.75) is 6.54 Å². The molecule has 0 radical (unpaired) electrons. The van der Waals surface area contributed by atoms with Crippen molar-refractivity contribution >= 4 is 5.91 Å². The molecule has 1 aromatic heterocycles. The molecule has 1 N–H and O–H groups in total. The first-order chi connectivity index (χ1) is 11.7. The van der Waals surface area contributed by atoms with E-state index in [9.17, 15) is 9.18 Å². The zero-order valence-electron chi connectivity index (χ0n) is 13.0. The molecule has 3 aromatic rings. The molecule has 0 spiro atoms. The number of carbonyl (C=O) groups excluding carboxylic acids is 1. The van der Waals surface area contributed by atoms with Crippen LogP contribution in [0.15, 0.2) is 59.3 Å². The molecule has 5 nitrogen and oxygen atoms in total. The Morgan fingerprint density at radius 3 is 2.67 bits per heavy atom. The van der Waals surface area contributed by atoms with Crippen LogP contribution in [-0.4, -0.2) is 18.0 Å². The summed E-state index contributed by atoms with van der Waals surface area (Å²) in [6, 6.07) is 13.3. The minimum Gasteiger partial charge on any atom is -0.497 e. The van der Waals surface area contributed by atoms with E-state index in [1.54, 1.807) is 49.6 Å². The van der Waals surface area contributed by atoms with Gasteiger partial charge in [0.15, 0.2) is 17.8 Å². The van der Waals surface area contributed by atoms with E-state index in [4.69, 9.17) is 9.15 Å². The summed E-state index contributed by atoms with van der Waals surface area (Å²) in [6.07, 6.45) is 1.21. The Hall–Kier alpha value is -3.15. The third-order valence-corrected chi connectivity index (χ3v) is 3.53. The molecule has 0 aliphatic heterocycles. The van der Waals surface area contributed by atoms with Gasteiger partial charge in [-0.15, -0.1) is 0 Å². The maximum absolute atomic E-state index is 13.6. The maximum Gasteiger partial charge on any atom is 0.274 e.